The summed E-state index contributed by atoms with van der Waals surface area (Å²) in [6, 6.07) is 17.2. The first-order valence-corrected chi connectivity index (χ1v) is 7.61. The fraction of sp³-hybridized carbons (Fsp3) is 0.0588. The molecule has 0 bridgehead atoms. The number of primary amides is 1. The molecule has 0 atom stereocenters. The second kappa shape index (κ2) is 6.58. The molecule has 1 aromatic heterocycles. The summed E-state index contributed by atoms with van der Waals surface area (Å²) in [5, 5.41) is 6.77. The summed E-state index contributed by atoms with van der Waals surface area (Å²) in [6.45, 7) is 0. The summed E-state index contributed by atoms with van der Waals surface area (Å²) in [4.78, 5) is 11.2. The summed E-state index contributed by atoms with van der Waals surface area (Å²) in [6.07, 6.45) is 0. The molecule has 6 heteroatoms. The fourth-order valence-corrected chi connectivity index (χ4v) is 2.48. The van der Waals surface area contributed by atoms with E-state index in [2.05, 4.69) is 22.8 Å². The number of rotatable bonds is 5. The Hall–Kier alpha value is -2.73. The van der Waals surface area contributed by atoms with Crippen molar-refractivity contribution in [2.75, 3.05) is 5.94 Å². The zero-order valence-electron chi connectivity index (χ0n) is 12.2. The molecule has 116 valence electrons. The first-order valence-electron chi connectivity index (χ1n) is 6.98. The molecule has 1 heterocycles. The number of carbonyl (C=O) groups excluding carboxylic acids is 1. The van der Waals surface area contributed by atoms with Gasteiger partial charge in [0.05, 0.1) is 5.69 Å². The molecular weight excluding hydrogens is 310 g/mol. The van der Waals surface area contributed by atoms with Crippen LogP contribution in [0.3, 0.4) is 0 Å². The van der Waals surface area contributed by atoms with Crippen LogP contribution in [0.5, 0.6) is 5.75 Å². The van der Waals surface area contributed by atoms with Crippen molar-refractivity contribution < 1.29 is 9.53 Å². The zero-order valence-corrected chi connectivity index (χ0v) is 13.1. The Morgan fingerprint density at radius 1 is 1.13 bits per heavy atom. The first kappa shape index (κ1) is 15.2. The number of para-hydroxylation sites is 1. The van der Waals surface area contributed by atoms with Crippen LogP contribution in [0.2, 0.25) is 0 Å². The molecule has 5 nitrogen and oxygen atoms in total. The van der Waals surface area contributed by atoms with Gasteiger partial charge >= 0.3 is 0 Å². The summed E-state index contributed by atoms with van der Waals surface area (Å²) in [5.74, 6) is 0.532. The van der Waals surface area contributed by atoms with Crippen molar-refractivity contribution in [2.24, 2.45) is 5.73 Å². The molecule has 0 saturated carbocycles. The average molecular weight is 325 g/mol. The van der Waals surface area contributed by atoms with Gasteiger partial charge in [-0.1, -0.05) is 36.4 Å². The van der Waals surface area contributed by atoms with E-state index < -0.39 is 5.91 Å². The monoisotopic (exact) mass is 325 g/mol. The van der Waals surface area contributed by atoms with E-state index in [0.717, 1.165) is 22.4 Å². The number of benzene rings is 2. The molecule has 3 aromatic rings. The van der Waals surface area contributed by atoms with Crippen LogP contribution in [0.1, 0.15) is 10.5 Å². The molecule has 0 spiro atoms. The highest BCUT2D eigenvalue weighted by Gasteiger charge is 2.10. The molecule has 2 aromatic carbocycles. The topological polar surface area (TPSA) is 81.0 Å². The van der Waals surface area contributed by atoms with Crippen LogP contribution in [-0.4, -0.2) is 22.0 Å². The number of hydrogen-bond acceptors (Lipinski definition) is 4. The lowest BCUT2D eigenvalue weighted by atomic mass is 10.0. The third kappa shape index (κ3) is 3.22. The zero-order chi connectivity index (χ0) is 16.2. The van der Waals surface area contributed by atoms with Gasteiger partial charge in [0.2, 0.25) is 0 Å². The maximum Gasteiger partial charge on any atom is 0.266 e. The lowest BCUT2D eigenvalue weighted by Gasteiger charge is -2.10. The van der Waals surface area contributed by atoms with Crippen LogP contribution in [0.25, 0.3) is 22.4 Å². The Labute approximate surface area is 138 Å². The van der Waals surface area contributed by atoms with E-state index in [0.29, 0.717) is 11.6 Å². The molecule has 0 aliphatic rings. The molecule has 3 N–H and O–H groups in total. The van der Waals surface area contributed by atoms with Crippen molar-refractivity contribution in [3.63, 3.8) is 0 Å². The molecule has 1 amide bonds. The molecule has 0 radical (unpaired) electrons. The van der Waals surface area contributed by atoms with Gasteiger partial charge in [0, 0.05) is 11.1 Å². The Balaban J connectivity index is 2.01. The Morgan fingerprint density at radius 3 is 2.65 bits per heavy atom. The number of carbonyl (C=O) groups is 1. The highest BCUT2D eigenvalue weighted by Crippen LogP contribution is 2.32. The van der Waals surface area contributed by atoms with Gasteiger partial charge in [-0.15, -0.1) is 12.6 Å². The van der Waals surface area contributed by atoms with Gasteiger partial charge in [0.15, 0.2) is 0 Å². The minimum absolute atomic E-state index is 0.282. The third-order valence-electron chi connectivity index (χ3n) is 3.42. The second-order valence-corrected chi connectivity index (χ2v) is 5.14. The van der Waals surface area contributed by atoms with E-state index in [1.165, 1.54) is 0 Å². The number of ether oxygens (including phenoxy) is 1. The van der Waals surface area contributed by atoms with Crippen LogP contribution in [0, 0.1) is 0 Å². The lowest BCUT2D eigenvalue weighted by Crippen LogP contribution is -2.10. The predicted molar refractivity (Wildman–Crippen MR) is 92.5 cm³/mol. The minimum Gasteiger partial charge on any atom is -0.483 e. The van der Waals surface area contributed by atoms with Gasteiger partial charge < -0.3 is 10.5 Å². The number of H-pyrrole nitrogens is 1. The number of nitrogens with zero attached hydrogens (tertiary/aromatic N) is 1. The molecule has 3 rings (SSSR count). The van der Waals surface area contributed by atoms with Gasteiger partial charge in [0.1, 0.15) is 17.4 Å². The van der Waals surface area contributed by atoms with Gasteiger partial charge in [-0.2, -0.15) is 5.10 Å². The summed E-state index contributed by atoms with van der Waals surface area (Å²) >= 11 is 4.11. The van der Waals surface area contributed by atoms with Crippen molar-refractivity contribution in [1.82, 2.24) is 10.2 Å². The smallest absolute Gasteiger partial charge is 0.266 e. The van der Waals surface area contributed by atoms with E-state index >= 15 is 0 Å². The van der Waals surface area contributed by atoms with Gasteiger partial charge in [-0.25, -0.2) is 0 Å². The quantitative estimate of drug-likeness (QED) is 0.498. The fourth-order valence-electron chi connectivity index (χ4n) is 2.34. The van der Waals surface area contributed by atoms with E-state index in [1.807, 2.05) is 48.5 Å². The van der Waals surface area contributed by atoms with E-state index in [4.69, 9.17) is 10.5 Å². The van der Waals surface area contributed by atoms with Gasteiger partial charge in [0.25, 0.3) is 5.91 Å². The Kier molecular flexibility index (Phi) is 4.34. The number of nitrogens with two attached hydrogens (primary N) is 1. The van der Waals surface area contributed by atoms with Crippen LogP contribution < -0.4 is 10.5 Å². The van der Waals surface area contributed by atoms with E-state index in [1.54, 1.807) is 6.07 Å². The van der Waals surface area contributed by atoms with Gasteiger partial charge in [-0.05, 0) is 23.8 Å². The summed E-state index contributed by atoms with van der Waals surface area (Å²) in [5.41, 5.74) is 9.02. The number of aromatic nitrogens is 2. The van der Waals surface area contributed by atoms with Crippen molar-refractivity contribution in [2.45, 2.75) is 0 Å². The van der Waals surface area contributed by atoms with Crippen LogP contribution in [0.4, 0.5) is 0 Å². The van der Waals surface area contributed by atoms with Crippen molar-refractivity contribution in [1.29, 1.82) is 0 Å². The molecule has 0 aliphatic heterocycles. The number of aromatic amines is 1. The van der Waals surface area contributed by atoms with Crippen LogP contribution in [-0.2, 0) is 0 Å². The normalized spacial score (nSPS) is 10.5. The van der Waals surface area contributed by atoms with E-state index in [9.17, 15) is 4.79 Å². The highest BCUT2D eigenvalue weighted by atomic mass is 32.1. The van der Waals surface area contributed by atoms with Crippen molar-refractivity contribution in [3.05, 3.63) is 60.3 Å². The molecule has 0 unspecified atom stereocenters. The SMILES string of the molecule is NC(=O)c1cc(-c2cccc(-c3ccccc3OCS)c2)n[nH]1. The number of hydrogen-bond donors (Lipinski definition) is 3. The maximum atomic E-state index is 11.2. The van der Waals surface area contributed by atoms with Crippen molar-refractivity contribution in [3.8, 4) is 28.1 Å². The molecule has 0 saturated heterocycles. The predicted octanol–water partition coefficient (Wildman–Crippen LogP) is 3.11. The number of amides is 1. The van der Waals surface area contributed by atoms with E-state index in [-0.39, 0.29) is 5.69 Å². The molecule has 0 fully saturated rings. The summed E-state index contributed by atoms with van der Waals surface area (Å²) < 4.78 is 5.55. The molecular formula is C17H15N3O2S. The maximum absolute atomic E-state index is 11.2. The third-order valence-corrected chi connectivity index (χ3v) is 3.55. The average Bonchev–Trinajstić information content (AvgIpc) is 3.06. The number of thiol groups is 1. The Morgan fingerprint density at radius 2 is 1.91 bits per heavy atom. The second-order valence-electron chi connectivity index (χ2n) is 4.88. The first-order chi connectivity index (χ1) is 11.2. The standard InChI is InChI=1S/C17H15N3O2S/c18-17(21)15-9-14(19-20-15)12-5-3-4-11(8-12)13-6-1-2-7-16(13)22-10-23/h1-9,23H,10H2,(H2,18,21)(H,19,20). The largest absolute Gasteiger partial charge is 0.483 e. The molecule has 0 aliphatic carbocycles. The van der Waals surface area contributed by atoms with Gasteiger partial charge in [-0.3, -0.25) is 9.89 Å². The number of nitrogens with one attached hydrogen (secondary N) is 1. The molecule has 23 heavy (non-hydrogen) atoms. The van der Waals surface area contributed by atoms with Crippen molar-refractivity contribution >= 4 is 18.5 Å². The van der Waals surface area contributed by atoms with Crippen LogP contribution in [0.15, 0.2) is 54.6 Å². The summed E-state index contributed by atoms with van der Waals surface area (Å²) in [7, 11) is 0. The highest BCUT2D eigenvalue weighted by molar-refractivity contribution is 7.80. The minimum atomic E-state index is -0.535. The van der Waals surface area contributed by atoms with Crippen LogP contribution >= 0.6 is 12.6 Å². The lowest BCUT2D eigenvalue weighted by molar-refractivity contribution is 0.0995. The Bertz CT molecular complexity index is 845.